The van der Waals surface area contributed by atoms with Crippen LogP contribution in [0, 0.1) is 34.9 Å². The topological polar surface area (TPSA) is 65.5 Å². The van der Waals surface area contributed by atoms with Crippen molar-refractivity contribution in [3.63, 3.8) is 0 Å². The summed E-state index contributed by atoms with van der Waals surface area (Å²) in [7, 11) is 0. The minimum absolute atomic E-state index is 0.246. The summed E-state index contributed by atoms with van der Waals surface area (Å²) in [6, 6.07) is 4.48. The van der Waals surface area contributed by atoms with Gasteiger partial charge in [0.2, 0.25) is 0 Å². The zero-order valence-electron chi connectivity index (χ0n) is 19.0. The van der Waals surface area contributed by atoms with Crippen LogP contribution in [0.3, 0.4) is 0 Å². The fourth-order valence-corrected chi connectivity index (χ4v) is 4.43. The fourth-order valence-electron chi connectivity index (χ4n) is 4.43. The molecule has 1 atom stereocenters. The Morgan fingerprint density at radius 3 is 2.67 bits per heavy atom. The second kappa shape index (κ2) is 9.01. The van der Waals surface area contributed by atoms with Gasteiger partial charge in [0.25, 0.3) is 0 Å². The first-order valence-corrected chi connectivity index (χ1v) is 11.1. The Kier molecular flexibility index (Phi) is 6.81. The van der Waals surface area contributed by atoms with Crippen molar-refractivity contribution in [2.75, 3.05) is 26.2 Å². The number of allylic oxidation sites excluding steroid dienone is 1. The number of nitrogens with zero attached hydrogens (tertiary/aromatic N) is 2. The highest BCUT2D eigenvalue weighted by atomic mass is 19.1. The van der Waals surface area contributed by atoms with Crippen molar-refractivity contribution in [2.45, 2.75) is 53.4 Å². The normalized spacial score (nSPS) is 22.0. The van der Waals surface area contributed by atoms with E-state index >= 15 is 0 Å². The van der Waals surface area contributed by atoms with E-state index in [0.29, 0.717) is 28.1 Å². The second-order valence-electron chi connectivity index (χ2n) is 10.4. The molecule has 1 spiro atoms. The number of piperidine rings is 1. The number of hydrogen-bond acceptors (Lipinski definition) is 3. The van der Waals surface area contributed by atoms with Crippen molar-refractivity contribution in [2.24, 2.45) is 27.5 Å². The van der Waals surface area contributed by atoms with Gasteiger partial charge in [-0.15, -0.1) is 0 Å². The molecule has 0 radical (unpaired) electrons. The molecule has 1 heterocycles. The maximum absolute atomic E-state index is 13.4. The number of rotatable bonds is 7. The Labute approximate surface area is 181 Å². The van der Waals surface area contributed by atoms with E-state index in [1.165, 1.54) is 57.5 Å². The van der Waals surface area contributed by atoms with Gasteiger partial charge in [-0.1, -0.05) is 26.8 Å². The van der Waals surface area contributed by atoms with Gasteiger partial charge in [-0.2, -0.15) is 0 Å². The molecule has 1 saturated heterocycles. The van der Waals surface area contributed by atoms with Crippen molar-refractivity contribution >= 4 is 11.5 Å². The minimum atomic E-state index is -0.334. The zero-order valence-corrected chi connectivity index (χ0v) is 19.0. The van der Waals surface area contributed by atoms with Crippen LogP contribution in [-0.2, 0) is 0 Å². The Hall–Kier alpha value is -2.01. The highest BCUT2D eigenvalue weighted by Gasteiger charge is 2.54. The number of nitrogens with one attached hydrogen (secondary N) is 1. The summed E-state index contributed by atoms with van der Waals surface area (Å²) in [4.78, 5) is 7.17. The summed E-state index contributed by atoms with van der Waals surface area (Å²) in [5.41, 5.74) is 8.63. The van der Waals surface area contributed by atoms with Gasteiger partial charge in [0.1, 0.15) is 11.7 Å². The molecule has 30 heavy (non-hydrogen) atoms. The monoisotopic (exact) mass is 412 g/mol. The summed E-state index contributed by atoms with van der Waals surface area (Å²) >= 11 is 0. The SMILES string of the molecule is Cc1ccc(F)cc1C(=N)/C=C\C(N)=NCC1CC12CCN(CCC(C)(C)C)CC2. The van der Waals surface area contributed by atoms with Crippen LogP contribution < -0.4 is 5.73 Å². The van der Waals surface area contributed by atoms with E-state index in [1.807, 2.05) is 6.92 Å². The van der Waals surface area contributed by atoms with Crippen molar-refractivity contribution in [1.29, 1.82) is 5.41 Å². The predicted octanol–water partition coefficient (Wildman–Crippen LogP) is 4.95. The largest absolute Gasteiger partial charge is 0.384 e. The lowest BCUT2D eigenvalue weighted by atomic mass is 9.88. The molecular weight excluding hydrogens is 375 g/mol. The van der Waals surface area contributed by atoms with E-state index in [0.717, 1.165) is 12.1 Å². The number of aliphatic imine (C=N–C) groups is 1. The van der Waals surface area contributed by atoms with Crippen LogP contribution in [0.1, 0.15) is 57.6 Å². The third kappa shape index (κ3) is 6.00. The van der Waals surface area contributed by atoms with Gasteiger partial charge in [-0.3, -0.25) is 4.99 Å². The Bertz CT molecular complexity index is 826. The Morgan fingerprint density at radius 2 is 2.00 bits per heavy atom. The van der Waals surface area contributed by atoms with E-state index in [-0.39, 0.29) is 11.5 Å². The quantitative estimate of drug-likeness (QED) is 0.491. The number of amidine groups is 1. The van der Waals surface area contributed by atoms with E-state index in [1.54, 1.807) is 18.2 Å². The highest BCUT2D eigenvalue weighted by molar-refractivity contribution is 6.10. The molecule has 4 nitrogen and oxygen atoms in total. The molecule has 1 aromatic rings. The lowest BCUT2D eigenvalue weighted by molar-refractivity contribution is 0.146. The third-order valence-corrected chi connectivity index (χ3v) is 6.79. The van der Waals surface area contributed by atoms with Crippen LogP contribution in [0.25, 0.3) is 0 Å². The Morgan fingerprint density at radius 1 is 1.30 bits per heavy atom. The number of hydrogen-bond donors (Lipinski definition) is 2. The average molecular weight is 413 g/mol. The van der Waals surface area contributed by atoms with E-state index < -0.39 is 0 Å². The highest BCUT2D eigenvalue weighted by Crippen LogP contribution is 2.59. The molecule has 0 amide bonds. The lowest BCUT2D eigenvalue weighted by Gasteiger charge is -2.34. The molecule has 3 rings (SSSR count). The molecular formula is C25H37FN4. The molecule has 2 fully saturated rings. The number of halogens is 1. The summed E-state index contributed by atoms with van der Waals surface area (Å²) in [6.45, 7) is 13.2. The van der Waals surface area contributed by atoms with Crippen LogP contribution in [0.15, 0.2) is 35.3 Å². The summed E-state index contributed by atoms with van der Waals surface area (Å²) in [6.07, 6.45) is 8.33. The molecule has 5 heteroatoms. The third-order valence-electron chi connectivity index (χ3n) is 6.79. The Balaban J connectivity index is 1.45. The van der Waals surface area contributed by atoms with Crippen LogP contribution in [0.5, 0.6) is 0 Å². The molecule has 164 valence electrons. The van der Waals surface area contributed by atoms with E-state index in [2.05, 4.69) is 30.7 Å². The van der Waals surface area contributed by atoms with Crippen LogP contribution in [0.4, 0.5) is 4.39 Å². The summed E-state index contributed by atoms with van der Waals surface area (Å²) in [5, 5.41) is 8.17. The number of nitrogens with two attached hydrogens (primary N) is 1. The smallest absolute Gasteiger partial charge is 0.123 e. The van der Waals surface area contributed by atoms with Gasteiger partial charge in [0, 0.05) is 12.1 Å². The standard InChI is InChI=1S/C25H37FN4/c1-18-5-6-20(26)15-21(18)22(27)7-8-23(28)29-17-19-16-25(19)10-13-30(14-11-25)12-9-24(2,3)4/h5-8,15,19,27H,9-14,16-17H2,1-4H3,(H2,28,29)/b8-7-,27-22?. The first-order chi connectivity index (χ1) is 14.1. The molecule has 1 saturated carbocycles. The number of likely N-dealkylation sites (tertiary alicyclic amines) is 1. The first-order valence-electron chi connectivity index (χ1n) is 11.1. The fraction of sp³-hybridized carbons (Fsp3) is 0.600. The average Bonchev–Trinajstić information content (AvgIpc) is 3.37. The van der Waals surface area contributed by atoms with Crippen LogP contribution in [0.2, 0.25) is 0 Å². The summed E-state index contributed by atoms with van der Waals surface area (Å²) in [5.74, 6) is 0.747. The molecule has 1 aliphatic heterocycles. The maximum atomic E-state index is 13.4. The van der Waals surface area contributed by atoms with Crippen molar-refractivity contribution in [3.05, 3.63) is 47.3 Å². The molecule has 0 bridgehead atoms. The van der Waals surface area contributed by atoms with Crippen LogP contribution in [-0.4, -0.2) is 42.6 Å². The second-order valence-corrected chi connectivity index (χ2v) is 10.4. The van der Waals surface area contributed by atoms with E-state index in [4.69, 9.17) is 11.1 Å². The van der Waals surface area contributed by atoms with Crippen molar-refractivity contribution in [3.8, 4) is 0 Å². The number of benzene rings is 1. The van der Waals surface area contributed by atoms with E-state index in [9.17, 15) is 4.39 Å². The van der Waals surface area contributed by atoms with Crippen molar-refractivity contribution in [1.82, 2.24) is 4.90 Å². The van der Waals surface area contributed by atoms with Crippen molar-refractivity contribution < 1.29 is 4.39 Å². The van der Waals surface area contributed by atoms with Gasteiger partial charge >= 0.3 is 0 Å². The molecule has 1 aliphatic carbocycles. The number of aryl methyl sites for hydroxylation is 1. The maximum Gasteiger partial charge on any atom is 0.123 e. The minimum Gasteiger partial charge on any atom is -0.384 e. The molecule has 0 aromatic heterocycles. The van der Waals surface area contributed by atoms with Gasteiger partial charge in [0.05, 0.1) is 5.71 Å². The molecule has 1 aromatic carbocycles. The van der Waals surface area contributed by atoms with Crippen LogP contribution >= 0.6 is 0 Å². The lowest BCUT2D eigenvalue weighted by Crippen LogP contribution is -2.37. The zero-order chi connectivity index (χ0) is 21.9. The first kappa shape index (κ1) is 22.7. The predicted molar refractivity (Wildman–Crippen MR) is 124 cm³/mol. The van der Waals surface area contributed by atoms with Gasteiger partial charge in [-0.25, -0.2) is 4.39 Å². The van der Waals surface area contributed by atoms with Gasteiger partial charge in [0.15, 0.2) is 0 Å². The molecule has 1 unspecified atom stereocenters. The van der Waals surface area contributed by atoms with Gasteiger partial charge in [-0.05, 0) is 98.8 Å². The van der Waals surface area contributed by atoms with Gasteiger partial charge < -0.3 is 16.0 Å². The molecule has 3 N–H and O–H groups in total. The molecule has 2 aliphatic rings. The summed E-state index contributed by atoms with van der Waals surface area (Å²) < 4.78 is 13.4.